The SMILES string of the molecule is COc1ccc(N2CCN(C(=O)c3cc4c(s3)SCCC4=O)CC2)cc1. The van der Waals surface area contributed by atoms with Crippen LogP contribution in [-0.2, 0) is 0 Å². The number of thioether (sulfide) groups is 1. The van der Waals surface area contributed by atoms with Crippen LogP contribution in [0.3, 0.4) is 0 Å². The molecule has 1 saturated heterocycles. The second-order valence-electron chi connectivity index (χ2n) is 6.31. The van der Waals surface area contributed by atoms with E-state index in [4.69, 9.17) is 4.74 Å². The lowest BCUT2D eigenvalue weighted by Gasteiger charge is -2.36. The van der Waals surface area contributed by atoms with Gasteiger partial charge in [0, 0.05) is 49.6 Å². The molecule has 2 aliphatic heterocycles. The minimum Gasteiger partial charge on any atom is -0.497 e. The molecule has 7 heteroatoms. The fourth-order valence-electron chi connectivity index (χ4n) is 3.27. The van der Waals surface area contributed by atoms with Gasteiger partial charge in [-0.3, -0.25) is 9.59 Å². The number of benzene rings is 1. The Hall–Kier alpha value is -1.99. The molecule has 0 aliphatic carbocycles. The Morgan fingerprint density at radius 3 is 2.50 bits per heavy atom. The van der Waals surface area contributed by atoms with Crippen LogP contribution in [0.5, 0.6) is 5.75 Å². The van der Waals surface area contributed by atoms with Crippen molar-refractivity contribution < 1.29 is 14.3 Å². The van der Waals surface area contributed by atoms with Gasteiger partial charge < -0.3 is 14.5 Å². The summed E-state index contributed by atoms with van der Waals surface area (Å²) in [6.45, 7) is 2.98. The highest BCUT2D eigenvalue weighted by Gasteiger charge is 2.27. The van der Waals surface area contributed by atoms with Crippen molar-refractivity contribution in [2.75, 3.05) is 43.9 Å². The van der Waals surface area contributed by atoms with E-state index < -0.39 is 0 Å². The summed E-state index contributed by atoms with van der Waals surface area (Å²) in [5.74, 6) is 1.88. The predicted octanol–water partition coefficient (Wildman–Crippen LogP) is 3.40. The zero-order valence-corrected chi connectivity index (χ0v) is 16.2. The number of rotatable bonds is 3. The number of Topliss-reactive ketones (excluding diaryl/α,β-unsaturated/α-hetero) is 1. The topological polar surface area (TPSA) is 49.9 Å². The predicted molar refractivity (Wildman–Crippen MR) is 105 cm³/mol. The zero-order chi connectivity index (χ0) is 18.1. The monoisotopic (exact) mass is 388 g/mol. The van der Waals surface area contributed by atoms with E-state index in [0.29, 0.717) is 24.4 Å². The molecular weight excluding hydrogens is 368 g/mol. The molecular formula is C19H20N2O3S2. The highest BCUT2D eigenvalue weighted by molar-refractivity contribution is 8.01. The van der Waals surface area contributed by atoms with Crippen molar-refractivity contribution in [3.8, 4) is 5.75 Å². The average molecular weight is 389 g/mol. The van der Waals surface area contributed by atoms with Gasteiger partial charge in [0.2, 0.25) is 0 Å². The zero-order valence-electron chi connectivity index (χ0n) is 14.6. The maximum absolute atomic E-state index is 12.8. The maximum Gasteiger partial charge on any atom is 0.264 e. The number of hydrogen-bond acceptors (Lipinski definition) is 6. The van der Waals surface area contributed by atoms with Crippen molar-refractivity contribution in [3.05, 3.63) is 40.8 Å². The Morgan fingerprint density at radius 2 is 1.85 bits per heavy atom. The van der Waals surface area contributed by atoms with Gasteiger partial charge in [0.1, 0.15) is 5.75 Å². The number of nitrogens with zero attached hydrogens (tertiary/aromatic N) is 2. The summed E-state index contributed by atoms with van der Waals surface area (Å²) in [4.78, 5) is 29.7. The van der Waals surface area contributed by atoms with Crippen molar-refractivity contribution >= 4 is 40.5 Å². The minimum atomic E-state index is 0.0483. The summed E-state index contributed by atoms with van der Waals surface area (Å²) in [6.07, 6.45) is 0.572. The van der Waals surface area contributed by atoms with Crippen LogP contribution < -0.4 is 9.64 Å². The molecule has 2 aliphatic rings. The van der Waals surface area contributed by atoms with E-state index in [1.807, 2.05) is 29.2 Å². The second-order valence-corrected chi connectivity index (χ2v) is 8.73. The number of carbonyl (C=O) groups excluding carboxylic acids is 2. The van der Waals surface area contributed by atoms with Crippen molar-refractivity contribution in [1.29, 1.82) is 0 Å². The van der Waals surface area contributed by atoms with Crippen molar-refractivity contribution in [3.63, 3.8) is 0 Å². The Labute approximate surface area is 160 Å². The Kier molecular flexibility index (Phi) is 4.91. The number of anilines is 1. The highest BCUT2D eigenvalue weighted by Crippen LogP contribution is 2.37. The summed E-state index contributed by atoms with van der Waals surface area (Å²) in [5, 5.41) is 0. The molecule has 0 radical (unpaired) electrons. The summed E-state index contributed by atoms with van der Waals surface area (Å²) < 4.78 is 6.20. The molecule has 3 heterocycles. The van der Waals surface area contributed by atoms with Gasteiger partial charge in [-0.2, -0.15) is 0 Å². The van der Waals surface area contributed by atoms with Crippen molar-refractivity contribution in [2.24, 2.45) is 0 Å². The standard InChI is InChI=1S/C19H20N2O3S2/c1-24-14-4-2-13(3-5-14)20-7-9-21(10-8-20)18(23)17-12-15-16(22)6-11-25-19(15)26-17/h2-5,12H,6-11H2,1H3. The van der Waals surface area contributed by atoms with E-state index in [1.54, 1.807) is 24.9 Å². The number of amides is 1. The molecule has 1 fully saturated rings. The molecule has 0 saturated carbocycles. The summed E-state index contributed by atoms with van der Waals surface area (Å²) >= 11 is 3.15. The van der Waals surface area contributed by atoms with E-state index in [0.717, 1.165) is 40.1 Å². The van der Waals surface area contributed by atoms with Crippen molar-refractivity contribution in [1.82, 2.24) is 4.90 Å². The van der Waals surface area contributed by atoms with Crippen molar-refractivity contribution in [2.45, 2.75) is 10.6 Å². The van der Waals surface area contributed by atoms with E-state index in [1.165, 1.54) is 11.3 Å². The third-order valence-corrected chi connectivity index (χ3v) is 7.19. The first-order valence-corrected chi connectivity index (χ1v) is 10.4. The number of ketones is 1. The van der Waals surface area contributed by atoms with Gasteiger partial charge in [0.05, 0.1) is 16.2 Å². The first-order chi connectivity index (χ1) is 12.7. The van der Waals surface area contributed by atoms with Gasteiger partial charge >= 0.3 is 0 Å². The molecule has 0 spiro atoms. The summed E-state index contributed by atoms with van der Waals surface area (Å²) in [6, 6.07) is 9.81. The third kappa shape index (κ3) is 3.33. The smallest absolute Gasteiger partial charge is 0.264 e. The number of hydrogen-bond donors (Lipinski definition) is 0. The maximum atomic E-state index is 12.8. The quantitative estimate of drug-likeness (QED) is 0.807. The van der Waals surface area contributed by atoms with E-state index in [9.17, 15) is 9.59 Å². The van der Waals surface area contributed by atoms with Crippen LogP contribution in [0.25, 0.3) is 0 Å². The fraction of sp³-hybridized carbons (Fsp3) is 0.368. The molecule has 1 amide bonds. The number of ether oxygens (including phenoxy) is 1. The molecule has 0 N–H and O–H groups in total. The van der Waals surface area contributed by atoms with Crippen LogP contribution in [0.2, 0.25) is 0 Å². The summed E-state index contributed by atoms with van der Waals surface area (Å²) in [5.41, 5.74) is 1.89. The normalized spacial score (nSPS) is 17.2. The largest absolute Gasteiger partial charge is 0.497 e. The number of fused-ring (bicyclic) bond motifs is 1. The Balaban J connectivity index is 1.41. The molecule has 2 aromatic rings. The van der Waals surface area contributed by atoms with Crippen LogP contribution in [0, 0.1) is 0 Å². The van der Waals surface area contributed by atoms with Crippen LogP contribution >= 0.6 is 23.1 Å². The molecule has 136 valence electrons. The number of methoxy groups -OCH3 is 1. The van der Waals surface area contributed by atoms with Gasteiger partial charge in [-0.1, -0.05) is 0 Å². The fourth-order valence-corrected chi connectivity index (χ4v) is 5.70. The van der Waals surface area contributed by atoms with Gasteiger partial charge in [-0.05, 0) is 30.3 Å². The average Bonchev–Trinajstić information content (AvgIpc) is 3.13. The van der Waals surface area contributed by atoms with E-state index >= 15 is 0 Å². The van der Waals surface area contributed by atoms with Gasteiger partial charge in [0.15, 0.2) is 5.78 Å². The molecule has 5 nitrogen and oxygen atoms in total. The molecule has 0 bridgehead atoms. The molecule has 1 aromatic carbocycles. The molecule has 26 heavy (non-hydrogen) atoms. The lowest BCUT2D eigenvalue weighted by Crippen LogP contribution is -2.48. The van der Waals surface area contributed by atoms with Crippen LogP contribution in [0.4, 0.5) is 5.69 Å². The molecule has 0 unspecified atom stereocenters. The van der Waals surface area contributed by atoms with Crippen LogP contribution in [0.1, 0.15) is 26.5 Å². The number of carbonyl (C=O) groups is 2. The van der Waals surface area contributed by atoms with Crippen LogP contribution in [0.15, 0.2) is 34.5 Å². The van der Waals surface area contributed by atoms with Gasteiger partial charge in [-0.15, -0.1) is 23.1 Å². The van der Waals surface area contributed by atoms with Gasteiger partial charge in [0.25, 0.3) is 5.91 Å². The molecule has 1 aromatic heterocycles. The third-order valence-electron chi connectivity index (χ3n) is 4.78. The summed E-state index contributed by atoms with van der Waals surface area (Å²) in [7, 11) is 1.66. The van der Waals surface area contributed by atoms with E-state index in [-0.39, 0.29) is 11.7 Å². The Morgan fingerprint density at radius 1 is 1.12 bits per heavy atom. The first-order valence-electron chi connectivity index (χ1n) is 8.64. The first kappa shape index (κ1) is 17.4. The molecule has 4 rings (SSSR count). The van der Waals surface area contributed by atoms with Gasteiger partial charge in [-0.25, -0.2) is 0 Å². The van der Waals surface area contributed by atoms with Crippen LogP contribution in [-0.4, -0.2) is 55.6 Å². The highest BCUT2D eigenvalue weighted by atomic mass is 32.2. The Bertz CT molecular complexity index is 824. The van der Waals surface area contributed by atoms with E-state index in [2.05, 4.69) is 4.90 Å². The lowest BCUT2D eigenvalue weighted by atomic mass is 10.1. The molecule has 0 atom stereocenters. The second kappa shape index (κ2) is 7.32. The number of thiophene rings is 1. The minimum absolute atomic E-state index is 0.0483. The number of piperazine rings is 1. The lowest BCUT2D eigenvalue weighted by molar-refractivity contribution is 0.0751.